The molecule has 150 valence electrons. The van der Waals surface area contributed by atoms with Crippen LogP contribution in [0.25, 0.3) is 23.4 Å². The van der Waals surface area contributed by atoms with Crippen molar-refractivity contribution in [1.29, 1.82) is 0 Å². The highest BCUT2D eigenvalue weighted by atomic mass is 32.1. The first-order chi connectivity index (χ1) is 14.0. The number of ether oxygens (including phenoxy) is 2. The summed E-state index contributed by atoms with van der Waals surface area (Å²) in [5.74, 6) is -0.363. The van der Waals surface area contributed by atoms with E-state index in [4.69, 9.17) is 9.84 Å². The molecule has 8 heteroatoms. The topological polar surface area (TPSA) is 68.7 Å². The molecule has 3 aromatic rings. The lowest BCUT2D eigenvalue weighted by molar-refractivity contribution is -0.136. The minimum Gasteiger partial charge on any atom is -0.496 e. The van der Waals surface area contributed by atoms with E-state index >= 15 is 0 Å². The molecular formula is C21H17F2NO4S. The van der Waals surface area contributed by atoms with Crippen molar-refractivity contribution in [3.63, 3.8) is 0 Å². The first kappa shape index (κ1) is 20.5. The normalized spacial score (nSPS) is 11.2. The lowest BCUT2D eigenvalue weighted by atomic mass is 10.1. The van der Waals surface area contributed by atoms with Gasteiger partial charge in [-0.05, 0) is 36.4 Å². The fraction of sp³-hybridized carbons (Fsp3) is 0.143. The van der Waals surface area contributed by atoms with Gasteiger partial charge in [0.25, 0.3) is 0 Å². The number of carboxylic acid groups (broad SMARTS) is 1. The SMILES string of the molecule is COc1ccc(-c2csc(/C=C/c3ccccc3OC(F)F)n2)cc1CC(=O)O. The number of methoxy groups -OCH3 is 1. The highest BCUT2D eigenvalue weighted by Crippen LogP contribution is 2.29. The summed E-state index contributed by atoms with van der Waals surface area (Å²) < 4.78 is 34.8. The monoisotopic (exact) mass is 417 g/mol. The molecule has 29 heavy (non-hydrogen) atoms. The number of hydrogen-bond donors (Lipinski definition) is 1. The molecule has 1 aromatic heterocycles. The molecule has 0 spiro atoms. The molecule has 2 aromatic carbocycles. The van der Waals surface area contributed by atoms with Crippen molar-refractivity contribution in [3.05, 3.63) is 64.0 Å². The number of nitrogens with zero attached hydrogens (tertiary/aromatic N) is 1. The molecule has 0 aliphatic rings. The predicted octanol–water partition coefficient (Wildman–Crippen LogP) is 5.22. The Labute approximate surface area is 169 Å². The Balaban J connectivity index is 1.83. The largest absolute Gasteiger partial charge is 0.496 e. The van der Waals surface area contributed by atoms with Gasteiger partial charge in [0.05, 0.1) is 19.2 Å². The van der Waals surface area contributed by atoms with Gasteiger partial charge in [0.2, 0.25) is 0 Å². The van der Waals surface area contributed by atoms with Crippen LogP contribution in [0, 0.1) is 0 Å². The summed E-state index contributed by atoms with van der Waals surface area (Å²) in [6.45, 7) is -2.90. The van der Waals surface area contributed by atoms with E-state index in [1.807, 2.05) is 5.38 Å². The number of aromatic nitrogens is 1. The van der Waals surface area contributed by atoms with Crippen LogP contribution in [0.5, 0.6) is 11.5 Å². The molecule has 0 amide bonds. The maximum absolute atomic E-state index is 12.5. The lowest BCUT2D eigenvalue weighted by Crippen LogP contribution is -2.02. The summed E-state index contributed by atoms with van der Waals surface area (Å²) >= 11 is 1.38. The van der Waals surface area contributed by atoms with Crippen molar-refractivity contribution in [3.8, 4) is 22.8 Å². The van der Waals surface area contributed by atoms with Crippen LogP contribution in [0.1, 0.15) is 16.1 Å². The zero-order valence-electron chi connectivity index (χ0n) is 15.3. The van der Waals surface area contributed by atoms with Crippen LogP contribution in [0.4, 0.5) is 8.78 Å². The van der Waals surface area contributed by atoms with Gasteiger partial charge in [0.15, 0.2) is 0 Å². The zero-order chi connectivity index (χ0) is 20.8. The van der Waals surface area contributed by atoms with E-state index in [0.717, 1.165) is 5.56 Å². The summed E-state index contributed by atoms with van der Waals surface area (Å²) in [5.41, 5.74) is 2.51. The number of carbonyl (C=O) groups is 1. The van der Waals surface area contributed by atoms with Gasteiger partial charge in [0.1, 0.15) is 16.5 Å². The molecular weight excluding hydrogens is 400 g/mol. The van der Waals surface area contributed by atoms with Crippen LogP contribution < -0.4 is 9.47 Å². The van der Waals surface area contributed by atoms with Crippen molar-refractivity contribution in [1.82, 2.24) is 4.98 Å². The van der Waals surface area contributed by atoms with Crippen LogP contribution in [-0.2, 0) is 11.2 Å². The fourth-order valence-electron chi connectivity index (χ4n) is 2.72. The first-order valence-electron chi connectivity index (χ1n) is 8.53. The molecule has 0 unspecified atom stereocenters. The van der Waals surface area contributed by atoms with Crippen molar-refractivity contribution in [2.24, 2.45) is 0 Å². The van der Waals surface area contributed by atoms with Crippen molar-refractivity contribution < 1.29 is 28.2 Å². The number of hydrogen-bond acceptors (Lipinski definition) is 5. The van der Waals surface area contributed by atoms with Gasteiger partial charge in [-0.1, -0.05) is 18.2 Å². The zero-order valence-corrected chi connectivity index (χ0v) is 16.2. The molecule has 0 radical (unpaired) electrons. The maximum atomic E-state index is 12.5. The maximum Gasteiger partial charge on any atom is 0.387 e. The van der Waals surface area contributed by atoms with Crippen LogP contribution in [0.2, 0.25) is 0 Å². The Bertz CT molecular complexity index is 1030. The Hall–Kier alpha value is -3.26. The van der Waals surface area contributed by atoms with E-state index in [2.05, 4.69) is 9.72 Å². The van der Waals surface area contributed by atoms with Crippen LogP contribution in [0.3, 0.4) is 0 Å². The van der Waals surface area contributed by atoms with Gasteiger partial charge in [-0.25, -0.2) is 4.98 Å². The number of alkyl halides is 2. The molecule has 5 nitrogen and oxygen atoms in total. The van der Waals surface area contributed by atoms with E-state index in [0.29, 0.717) is 27.6 Å². The Morgan fingerprint density at radius 1 is 1.21 bits per heavy atom. The van der Waals surface area contributed by atoms with Gasteiger partial charge >= 0.3 is 12.6 Å². The fourth-order valence-corrected chi connectivity index (χ4v) is 3.44. The third kappa shape index (κ3) is 5.39. The molecule has 0 atom stereocenters. The number of para-hydroxylation sites is 1. The number of aliphatic carboxylic acids is 1. The molecule has 0 saturated heterocycles. The standard InChI is InChI=1S/C21H17F2NO4S/c1-27-17-8-6-14(10-15(17)11-20(25)26)16-12-29-19(24-16)9-7-13-4-2-3-5-18(13)28-21(22)23/h2-10,12,21H,11H2,1H3,(H,25,26)/b9-7+. The third-order valence-electron chi connectivity index (χ3n) is 3.98. The number of carboxylic acids is 1. The summed E-state index contributed by atoms with van der Waals surface area (Å²) in [4.78, 5) is 15.6. The van der Waals surface area contributed by atoms with Gasteiger partial charge in [0, 0.05) is 22.1 Å². The molecule has 1 N–H and O–H groups in total. The molecule has 0 aliphatic carbocycles. The highest BCUT2D eigenvalue weighted by Gasteiger charge is 2.12. The third-order valence-corrected chi connectivity index (χ3v) is 4.79. The van der Waals surface area contributed by atoms with E-state index in [1.54, 1.807) is 48.6 Å². The minimum absolute atomic E-state index is 0.0870. The first-order valence-corrected chi connectivity index (χ1v) is 9.40. The molecule has 0 aliphatic heterocycles. The van der Waals surface area contributed by atoms with Gasteiger partial charge in [-0.15, -0.1) is 11.3 Å². The highest BCUT2D eigenvalue weighted by molar-refractivity contribution is 7.10. The second kappa shape index (κ2) is 9.29. The Morgan fingerprint density at radius 3 is 2.72 bits per heavy atom. The van der Waals surface area contributed by atoms with Crippen molar-refractivity contribution >= 4 is 29.5 Å². The summed E-state index contributed by atoms with van der Waals surface area (Å²) in [6.07, 6.45) is 3.21. The smallest absolute Gasteiger partial charge is 0.387 e. The molecule has 3 rings (SSSR count). The minimum atomic E-state index is -2.90. The predicted molar refractivity (Wildman–Crippen MR) is 107 cm³/mol. The van der Waals surface area contributed by atoms with Crippen LogP contribution >= 0.6 is 11.3 Å². The summed E-state index contributed by atoms with van der Waals surface area (Å²) in [6, 6.07) is 11.7. The molecule has 0 bridgehead atoms. The second-order valence-corrected chi connectivity index (χ2v) is 6.81. The molecule has 0 saturated carbocycles. The van der Waals surface area contributed by atoms with Crippen molar-refractivity contribution in [2.75, 3.05) is 7.11 Å². The number of benzene rings is 2. The van der Waals surface area contributed by atoms with Gasteiger partial charge in [-0.3, -0.25) is 4.79 Å². The van der Waals surface area contributed by atoms with Crippen LogP contribution in [0.15, 0.2) is 47.8 Å². The Morgan fingerprint density at radius 2 is 2.00 bits per heavy atom. The van der Waals surface area contributed by atoms with Crippen LogP contribution in [-0.4, -0.2) is 29.8 Å². The average Bonchev–Trinajstić information content (AvgIpc) is 3.15. The van der Waals surface area contributed by atoms with E-state index in [1.165, 1.54) is 24.5 Å². The van der Waals surface area contributed by atoms with E-state index < -0.39 is 12.6 Å². The quantitative estimate of drug-likeness (QED) is 0.544. The second-order valence-electron chi connectivity index (χ2n) is 5.92. The number of thiazole rings is 1. The van der Waals surface area contributed by atoms with E-state index in [-0.39, 0.29) is 12.2 Å². The molecule has 1 heterocycles. The number of halogens is 2. The number of rotatable bonds is 8. The average molecular weight is 417 g/mol. The Kier molecular flexibility index (Phi) is 6.56. The van der Waals surface area contributed by atoms with E-state index in [9.17, 15) is 13.6 Å². The van der Waals surface area contributed by atoms with Gasteiger partial charge < -0.3 is 14.6 Å². The lowest BCUT2D eigenvalue weighted by Gasteiger charge is -2.08. The summed E-state index contributed by atoms with van der Waals surface area (Å²) in [5, 5.41) is 11.6. The molecule has 0 fully saturated rings. The summed E-state index contributed by atoms with van der Waals surface area (Å²) in [7, 11) is 1.49. The van der Waals surface area contributed by atoms with Crippen molar-refractivity contribution in [2.45, 2.75) is 13.0 Å². The van der Waals surface area contributed by atoms with Gasteiger partial charge in [-0.2, -0.15) is 8.78 Å².